The Morgan fingerprint density at radius 3 is 2.43 bits per heavy atom. The molecule has 30 heavy (non-hydrogen) atoms. The van der Waals surface area contributed by atoms with Crippen molar-refractivity contribution in [2.75, 3.05) is 26.6 Å². The number of rotatable bonds is 6. The molecule has 0 aliphatic rings. The molecule has 0 unspecified atom stereocenters. The van der Waals surface area contributed by atoms with Crippen molar-refractivity contribution in [3.8, 4) is 34.3 Å². The van der Waals surface area contributed by atoms with E-state index in [9.17, 15) is 5.11 Å². The van der Waals surface area contributed by atoms with Gasteiger partial charge in [0.25, 0.3) is 0 Å². The summed E-state index contributed by atoms with van der Waals surface area (Å²) in [5.41, 5.74) is 2.74. The number of nitrogens with one attached hydrogen (secondary N) is 1. The number of hydrogen-bond donors (Lipinski definition) is 2. The van der Waals surface area contributed by atoms with Gasteiger partial charge in [-0.1, -0.05) is 7.43 Å². The van der Waals surface area contributed by atoms with E-state index in [0.29, 0.717) is 40.2 Å². The van der Waals surface area contributed by atoms with Crippen LogP contribution in [0.25, 0.3) is 16.9 Å². The van der Waals surface area contributed by atoms with E-state index in [4.69, 9.17) is 19.2 Å². The van der Waals surface area contributed by atoms with Gasteiger partial charge in [-0.2, -0.15) is 0 Å². The van der Waals surface area contributed by atoms with Crippen LogP contribution in [-0.2, 0) is 0 Å². The number of anilines is 2. The minimum Gasteiger partial charge on any atom is -0.506 e. The molecule has 0 saturated carbocycles. The quantitative estimate of drug-likeness (QED) is 0.454. The molecular weight excluding hydrogens is 384 g/mol. The molecule has 2 N–H and O–H groups in total. The van der Waals surface area contributed by atoms with Crippen molar-refractivity contribution in [2.45, 2.75) is 7.43 Å². The van der Waals surface area contributed by atoms with Crippen molar-refractivity contribution in [3.05, 3.63) is 54.9 Å². The molecule has 8 heteroatoms. The molecule has 4 aromatic rings. The number of nitrogens with zero attached hydrogens (tertiary/aromatic N) is 3. The molecule has 0 amide bonds. The van der Waals surface area contributed by atoms with Crippen LogP contribution in [0.1, 0.15) is 7.43 Å². The van der Waals surface area contributed by atoms with Crippen LogP contribution in [0.5, 0.6) is 23.0 Å². The Morgan fingerprint density at radius 1 is 0.933 bits per heavy atom. The molecule has 2 aromatic heterocycles. The Hall–Kier alpha value is -3.94. The van der Waals surface area contributed by atoms with E-state index < -0.39 is 0 Å². The number of methoxy groups -OCH3 is 3. The van der Waals surface area contributed by atoms with Crippen LogP contribution in [0.2, 0.25) is 0 Å². The average Bonchev–Trinajstić information content (AvgIpc) is 3.23. The van der Waals surface area contributed by atoms with Crippen LogP contribution in [0, 0.1) is 0 Å². The highest BCUT2D eigenvalue weighted by atomic mass is 16.5. The highest BCUT2D eigenvalue weighted by Gasteiger charge is 2.13. The number of benzene rings is 2. The summed E-state index contributed by atoms with van der Waals surface area (Å²) >= 11 is 0. The molecule has 0 fully saturated rings. The Morgan fingerprint density at radius 2 is 1.73 bits per heavy atom. The van der Waals surface area contributed by atoms with Crippen LogP contribution >= 0.6 is 0 Å². The van der Waals surface area contributed by atoms with E-state index in [-0.39, 0.29) is 13.2 Å². The van der Waals surface area contributed by atoms with Gasteiger partial charge in [-0.25, -0.2) is 9.97 Å². The minimum atomic E-state index is 0. The monoisotopic (exact) mass is 408 g/mol. The van der Waals surface area contributed by atoms with Crippen LogP contribution in [0.15, 0.2) is 54.9 Å². The van der Waals surface area contributed by atoms with Gasteiger partial charge in [-0.3, -0.25) is 4.40 Å². The Labute approximate surface area is 174 Å². The van der Waals surface area contributed by atoms with Gasteiger partial charge >= 0.3 is 0 Å². The second-order valence-corrected chi connectivity index (χ2v) is 6.20. The van der Waals surface area contributed by atoms with Gasteiger partial charge in [-0.05, 0) is 30.3 Å². The molecule has 0 aliphatic heterocycles. The summed E-state index contributed by atoms with van der Waals surface area (Å²) in [5.74, 6) is 2.37. The van der Waals surface area contributed by atoms with Gasteiger partial charge < -0.3 is 24.6 Å². The van der Waals surface area contributed by atoms with Gasteiger partial charge in [0.2, 0.25) is 5.95 Å². The Kier molecular flexibility index (Phi) is 5.96. The number of fused-ring (bicyclic) bond motifs is 1. The number of phenols is 1. The third-order valence-corrected chi connectivity index (χ3v) is 4.52. The summed E-state index contributed by atoms with van der Waals surface area (Å²) in [4.78, 5) is 9.10. The van der Waals surface area contributed by atoms with E-state index >= 15 is 0 Å². The van der Waals surface area contributed by atoms with Gasteiger partial charge in [-0.15, -0.1) is 0 Å². The van der Waals surface area contributed by atoms with E-state index in [2.05, 4.69) is 10.3 Å². The van der Waals surface area contributed by atoms with Crippen molar-refractivity contribution >= 4 is 17.3 Å². The number of aromatic nitrogens is 3. The van der Waals surface area contributed by atoms with Gasteiger partial charge in [0.05, 0.1) is 32.7 Å². The zero-order valence-corrected chi connectivity index (χ0v) is 16.2. The summed E-state index contributed by atoms with van der Waals surface area (Å²) in [6.07, 6.45) is 3.48. The maximum Gasteiger partial charge on any atom is 0.213 e. The summed E-state index contributed by atoms with van der Waals surface area (Å²) in [7, 11) is 4.73. The largest absolute Gasteiger partial charge is 0.506 e. The fourth-order valence-electron chi connectivity index (χ4n) is 3.02. The summed E-state index contributed by atoms with van der Waals surface area (Å²) < 4.78 is 17.6. The van der Waals surface area contributed by atoms with Crippen LogP contribution in [0.4, 0.5) is 11.6 Å². The lowest BCUT2D eigenvalue weighted by Gasteiger charge is -2.13. The predicted molar refractivity (Wildman–Crippen MR) is 116 cm³/mol. The molecule has 0 saturated heterocycles. The molecule has 4 rings (SSSR count). The van der Waals surface area contributed by atoms with E-state index in [0.717, 1.165) is 5.56 Å². The third-order valence-electron chi connectivity index (χ3n) is 4.52. The molecule has 8 nitrogen and oxygen atoms in total. The first-order chi connectivity index (χ1) is 14.1. The molecule has 2 aromatic carbocycles. The van der Waals surface area contributed by atoms with Crippen molar-refractivity contribution in [1.29, 1.82) is 0 Å². The number of hydrogen-bond acceptors (Lipinski definition) is 7. The van der Waals surface area contributed by atoms with Gasteiger partial charge in [0.15, 0.2) is 11.5 Å². The Bertz CT molecular complexity index is 1170. The van der Waals surface area contributed by atoms with E-state index in [1.807, 2.05) is 24.3 Å². The molecule has 0 radical (unpaired) electrons. The molecule has 0 spiro atoms. The van der Waals surface area contributed by atoms with Crippen LogP contribution in [0.3, 0.4) is 0 Å². The van der Waals surface area contributed by atoms with E-state index in [1.165, 1.54) is 6.07 Å². The lowest BCUT2D eigenvalue weighted by molar-refractivity contribution is 0.355. The highest BCUT2D eigenvalue weighted by Crippen LogP contribution is 2.34. The predicted octanol–water partition coefficient (Wildman–Crippen LogP) is 4.51. The van der Waals surface area contributed by atoms with Crippen LogP contribution < -0.4 is 19.5 Å². The zero-order valence-electron chi connectivity index (χ0n) is 16.2. The molecule has 0 aliphatic carbocycles. The maximum atomic E-state index is 10.3. The fraction of sp³-hybridized carbons (Fsp3) is 0.182. The number of phenolic OH excluding ortho intramolecular Hbond substituents is 1. The Balaban J connectivity index is 0.00000256. The normalized spacial score (nSPS) is 10.4. The molecular formula is C22H24N4O4. The van der Waals surface area contributed by atoms with Gasteiger partial charge in [0.1, 0.15) is 17.1 Å². The third kappa shape index (κ3) is 3.80. The van der Waals surface area contributed by atoms with E-state index in [1.54, 1.807) is 50.3 Å². The first kappa shape index (κ1) is 20.8. The van der Waals surface area contributed by atoms with Crippen LogP contribution in [-0.4, -0.2) is 40.8 Å². The van der Waals surface area contributed by atoms with Crippen molar-refractivity contribution in [2.24, 2.45) is 0 Å². The smallest absolute Gasteiger partial charge is 0.213 e. The van der Waals surface area contributed by atoms with Crippen molar-refractivity contribution in [3.63, 3.8) is 0 Å². The minimum absolute atomic E-state index is 0. The second-order valence-electron chi connectivity index (χ2n) is 6.20. The number of imidazole rings is 1. The fourth-order valence-corrected chi connectivity index (χ4v) is 3.02. The zero-order chi connectivity index (χ0) is 20.4. The molecule has 2 heterocycles. The standard InChI is InChI=1S/C21H20N4O4.CH4/c1-27-14-5-6-15(17(26)11-14)23-21-24-16(12-20-22-8-9-25(20)21)13-4-7-18(28-2)19(10-13)29-3;/h4-12,26H,1-3H3,(H,23,24);1H4. The second kappa shape index (κ2) is 8.60. The average molecular weight is 408 g/mol. The highest BCUT2D eigenvalue weighted by molar-refractivity contribution is 5.71. The molecule has 156 valence electrons. The summed E-state index contributed by atoms with van der Waals surface area (Å²) in [6, 6.07) is 12.5. The van der Waals surface area contributed by atoms with Crippen molar-refractivity contribution in [1.82, 2.24) is 14.4 Å². The SMILES string of the molecule is C.COc1ccc(Nc2nc(-c3ccc(OC)c(OC)c3)cc3nccn23)c(O)c1. The summed E-state index contributed by atoms with van der Waals surface area (Å²) in [6.45, 7) is 0. The number of ether oxygens (including phenoxy) is 3. The lowest BCUT2D eigenvalue weighted by atomic mass is 10.1. The summed E-state index contributed by atoms with van der Waals surface area (Å²) in [5, 5.41) is 13.5. The topological polar surface area (TPSA) is 90.1 Å². The molecule has 0 atom stereocenters. The maximum absolute atomic E-state index is 10.3. The van der Waals surface area contributed by atoms with Gasteiger partial charge in [0, 0.05) is 30.1 Å². The lowest BCUT2D eigenvalue weighted by Crippen LogP contribution is -2.03. The number of aromatic hydroxyl groups is 1. The first-order valence-corrected chi connectivity index (χ1v) is 8.83. The first-order valence-electron chi connectivity index (χ1n) is 8.83. The molecule has 0 bridgehead atoms. The van der Waals surface area contributed by atoms with Crippen molar-refractivity contribution < 1.29 is 19.3 Å².